The Kier molecular flexibility index (Phi) is 5.52. The van der Waals surface area contributed by atoms with E-state index in [9.17, 15) is 29.3 Å². The predicted octanol–water partition coefficient (Wildman–Crippen LogP) is 3.68. The Hall–Kier alpha value is -3.85. The number of ketones is 1. The number of Topliss-reactive ketones (excluding diaryl/α,β-unsaturated/α-hetero) is 1. The van der Waals surface area contributed by atoms with Gasteiger partial charge < -0.3 is 0 Å². The van der Waals surface area contributed by atoms with E-state index in [0.717, 1.165) is 28.6 Å². The molecule has 1 saturated heterocycles. The number of allylic oxidation sites excluding steroid dienone is 2. The number of hydrazine groups is 1. The van der Waals surface area contributed by atoms with Gasteiger partial charge in [0.15, 0.2) is 5.78 Å². The third kappa shape index (κ3) is 3.63. The molecule has 10 heteroatoms. The van der Waals surface area contributed by atoms with Crippen molar-refractivity contribution in [2.45, 2.75) is 19.4 Å². The smallest absolute Gasteiger partial charge is 0.273 e. The molecule has 5 atom stereocenters. The second-order valence-corrected chi connectivity index (χ2v) is 9.43. The number of fused-ring (bicyclic) bond motifs is 5. The van der Waals surface area contributed by atoms with Crippen LogP contribution in [0.1, 0.15) is 34.1 Å². The molecule has 5 rings (SSSR count). The van der Waals surface area contributed by atoms with E-state index in [2.05, 4.69) is 0 Å². The molecule has 1 heterocycles. The number of amides is 3. The van der Waals surface area contributed by atoms with Crippen LogP contribution in [0, 0.1) is 33.8 Å². The number of carbonyl (C=O) groups is 4. The molecule has 0 N–H and O–H groups in total. The summed E-state index contributed by atoms with van der Waals surface area (Å²) in [6.45, 7) is 1.45. The highest BCUT2D eigenvalue weighted by Gasteiger charge is 2.61. The minimum atomic E-state index is -1.21. The summed E-state index contributed by atoms with van der Waals surface area (Å²) in [6, 6.07) is 9.65. The van der Waals surface area contributed by atoms with Crippen LogP contribution in [0.15, 0.2) is 60.7 Å². The SMILES string of the molecule is C[C@@H](C(=O)c1ccc(Cl)cc1)N(C(=O)c1ccc([N+](=O)[O-])cc1)N1C(=O)[C@@H]2[C@H](C1=O)[C@H]1C=C[C@H]2C1. The first-order valence-corrected chi connectivity index (χ1v) is 11.5. The van der Waals surface area contributed by atoms with E-state index in [-0.39, 0.29) is 28.7 Å². The van der Waals surface area contributed by atoms with E-state index in [4.69, 9.17) is 11.6 Å². The summed E-state index contributed by atoms with van der Waals surface area (Å²) in [4.78, 5) is 64.4. The molecule has 2 aliphatic carbocycles. The van der Waals surface area contributed by atoms with Gasteiger partial charge in [0.2, 0.25) is 0 Å². The monoisotopic (exact) mass is 493 g/mol. The van der Waals surface area contributed by atoms with Crippen LogP contribution in [0.3, 0.4) is 0 Å². The number of nitro groups is 1. The van der Waals surface area contributed by atoms with Gasteiger partial charge in [0.05, 0.1) is 16.8 Å². The third-order valence-electron chi connectivity index (χ3n) is 7.07. The van der Waals surface area contributed by atoms with Gasteiger partial charge in [-0.25, -0.2) is 5.01 Å². The Morgan fingerprint density at radius 2 is 1.49 bits per heavy atom. The van der Waals surface area contributed by atoms with E-state index in [1.165, 1.54) is 43.3 Å². The van der Waals surface area contributed by atoms with Gasteiger partial charge in [-0.2, -0.15) is 5.01 Å². The molecule has 0 aromatic heterocycles. The van der Waals surface area contributed by atoms with Gasteiger partial charge in [0.1, 0.15) is 6.04 Å². The van der Waals surface area contributed by atoms with Crippen LogP contribution in [0.2, 0.25) is 5.02 Å². The Balaban J connectivity index is 1.54. The maximum Gasteiger partial charge on any atom is 0.273 e. The highest BCUT2D eigenvalue weighted by molar-refractivity contribution is 6.30. The van der Waals surface area contributed by atoms with Gasteiger partial charge >= 0.3 is 0 Å². The molecular weight excluding hydrogens is 474 g/mol. The first-order chi connectivity index (χ1) is 16.7. The van der Waals surface area contributed by atoms with Crippen molar-refractivity contribution in [3.63, 3.8) is 0 Å². The molecule has 2 bridgehead atoms. The first-order valence-electron chi connectivity index (χ1n) is 11.1. The number of hydrogen-bond acceptors (Lipinski definition) is 6. The normalized spacial score (nSPS) is 25.0. The fraction of sp³-hybridized carbons (Fsp3) is 0.280. The molecule has 35 heavy (non-hydrogen) atoms. The van der Waals surface area contributed by atoms with Crippen molar-refractivity contribution in [1.29, 1.82) is 0 Å². The van der Waals surface area contributed by atoms with Crippen molar-refractivity contribution in [2.24, 2.45) is 23.7 Å². The Labute approximate surface area is 205 Å². The van der Waals surface area contributed by atoms with E-state index >= 15 is 0 Å². The number of hydrogen-bond donors (Lipinski definition) is 0. The van der Waals surface area contributed by atoms with Crippen LogP contribution >= 0.6 is 11.6 Å². The standard InChI is InChI=1S/C25H20ClN3O6/c1-13(22(30)14-4-8-18(26)9-5-14)27(23(31)15-6-10-19(11-7-15)29(34)35)28-24(32)20-16-2-3-17(12-16)21(20)25(28)33/h2-11,13,16-17,20-21H,12H2,1H3/t13-,16-,17-,20-,21+/m0/s1. The molecule has 2 fully saturated rings. The van der Waals surface area contributed by atoms with Crippen LogP contribution in [0.4, 0.5) is 5.69 Å². The van der Waals surface area contributed by atoms with Gasteiger partial charge in [-0.1, -0.05) is 23.8 Å². The van der Waals surface area contributed by atoms with Gasteiger partial charge in [-0.05, 0) is 61.6 Å². The summed E-state index contributed by atoms with van der Waals surface area (Å²) >= 11 is 5.93. The lowest BCUT2D eigenvalue weighted by Gasteiger charge is -2.35. The quantitative estimate of drug-likeness (QED) is 0.199. The van der Waals surface area contributed by atoms with Gasteiger partial charge in [-0.15, -0.1) is 0 Å². The number of nitrogens with zero attached hydrogens (tertiary/aromatic N) is 3. The van der Waals surface area contributed by atoms with Crippen LogP contribution in [0.5, 0.6) is 0 Å². The Morgan fingerprint density at radius 1 is 0.971 bits per heavy atom. The Morgan fingerprint density at radius 3 is 2.00 bits per heavy atom. The zero-order valence-corrected chi connectivity index (χ0v) is 19.3. The molecule has 0 spiro atoms. The molecule has 9 nitrogen and oxygen atoms in total. The van der Waals surface area contributed by atoms with Crippen molar-refractivity contribution < 1.29 is 24.1 Å². The number of carbonyl (C=O) groups excluding carboxylic acids is 4. The molecular formula is C25H20ClN3O6. The molecule has 0 unspecified atom stereocenters. The average molecular weight is 494 g/mol. The van der Waals surface area contributed by atoms with Crippen LogP contribution in [0.25, 0.3) is 0 Å². The lowest BCUT2D eigenvalue weighted by molar-refractivity contribution is -0.384. The zero-order valence-electron chi connectivity index (χ0n) is 18.5. The van der Waals surface area contributed by atoms with Crippen molar-refractivity contribution in [2.75, 3.05) is 0 Å². The van der Waals surface area contributed by atoms with E-state index < -0.39 is 46.3 Å². The molecule has 0 radical (unpaired) electrons. The third-order valence-corrected chi connectivity index (χ3v) is 7.32. The van der Waals surface area contributed by atoms with Crippen molar-refractivity contribution in [1.82, 2.24) is 10.0 Å². The first kappa shape index (κ1) is 22.9. The molecule has 3 aliphatic rings. The second-order valence-electron chi connectivity index (χ2n) is 8.99. The highest BCUT2D eigenvalue weighted by Crippen LogP contribution is 2.53. The maximum atomic E-state index is 13.7. The highest BCUT2D eigenvalue weighted by atomic mass is 35.5. The minimum absolute atomic E-state index is 0.00473. The summed E-state index contributed by atoms with van der Waals surface area (Å²) in [6.07, 6.45) is 4.59. The van der Waals surface area contributed by atoms with Crippen molar-refractivity contribution >= 4 is 40.8 Å². The molecule has 1 aliphatic heterocycles. The fourth-order valence-corrected chi connectivity index (χ4v) is 5.49. The van der Waals surface area contributed by atoms with Gasteiger partial charge in [-0.3, -0.25) is 29.3 Å². The lowest BCUT2D eigenvalue weighted by atomic mass is 9.85. The lowest BCUT2D eigenvalue weighted by Crippen LogP contribution is -2.56. The molecule has 178 valence electrons. The number of rotatable bonds is 6. The zero-order chi connectivity index (χ0) is 25.0. The van der Waals surface area contributed by atoms with Crippen molar-refractivity contribution in [3.05, 3.63) is 86.9 Å². The maximum absolute atomic E-state index is 13.7. The van der Waals surface area contributed by atoms with E-state index in [1.54, 1.807) is 0 Å². The largest absolute Gasteiger partial charge is 0.292 e. The van der Waals surface area contributed by atoms with Gasteiger partial charge in [0, 0.05) is 28.3 Å². The summed E-state index contributed by atoms with van der Waals surface area (Å²) < 4.78 is 0. The summed E-state index contributed by atoms with van der Waals surface area (Å²) in [5.74, 6) is -3.58. The number of nitro benzene ring substituents is 1. The van der Waals surface area contributed by atoms with Crippen LogP contribution < -0.4 is 0 Å². The van der Waals surface area contributed by atoms with Crippen molar-refractivity contribution in [3.8, 4) is 0 Å². The average Bonchev–Trinajstić information content (AvgIpc) is 3.54. The number of halogens is 1. The fourth-order valence-electron chi connectivity index (χ4n) is 5.36. The molecule has 3 amide bonds. The minimum Gasteiger partial charge on any atom is -0.292 e. The van der Waals surface area contributed by atoms with Crippen LogP contribution in [-0.2, 0) is 9.59 Å². The summed E-state index contributed by atoms with van der Waals surface area (Å²) in [5.41, 5.74) is 0.0402. The van der Waals surface area contributed by atoms with E-state index in [0.29, 0.717) is 5.02 Å². The molecule has 1 saturated carbocycles. The number of benzene rings is 2. The van der Waals surface area contributed by atoms with Gasteiger partial charge in [0.25, 0.3) is 23.4 Å². The second kappa shape index (κ2) is 8.42. The molecule has 2 aromatic carbocycles. The van der Waals surface area contributed by atoms with Crippen LogP contribution in [-0.4, -0.2) is 44.5 Å². The van der Waals surface area contributed by atoms with E-state index in [1.807, 2.05) is 12.2 Å². The predicted molar refractivity (Wildman–Crippen MR) is 124 cm³/mol. The Bertz CT molecular complexity index is 1260. The number of imide groups is 1. The summed E-state index contributed by atoms with van der Waals surface area (Å²) in [7, 11) is 0. The topological polar surface area (TPSA) is 118 Å². The summed E-state index contributed by atoms with van der Waals surface area (Å²) in [5, 5.41) is 13.2. The number of non-ortho nitro benzene ring substituents is 1. The molecule has 2 aromatic rings.